The normalized spacial score (nSPS) is 21.5. The van der Waals surface area contributed by atoms with Crippen molar-refractivity contribution in [2.24, 2.45) is 0 Å². The summed E-state index contributed by atoms with van der Waals surface area (Å²) in [6.07, 6.45) is 1.66. The number of nitrogens with one attached hydrogen (secondary N) is 1. The summed E-state index contributed by atoms with van der Waals surface area (Å²) >= 11 is 0. The number of nitrogens with zero attached hydrogens (tertiary/aromatic N) is 3. The molecular weight excluding hydrogens is 353 g/mol. The van der Waals surface area contributed by atoms with Crippen molar-refractivity contribution in [1.82, 2.24) is 15.2 Å². The number of pyridine rings is 1. The van der Waals surface area contributed by atoms with Crippen molar-refractivity contribution >= 4 is 5.82 Å². The van der Waals surface area contributed by atoms with Gasteiger partial charge in [0.2, 0.25) is 0 Å². The van der Waals surface area contributed by atoms with Crippen LogP contribution in [-0.4, -0.2) is 27.9 Å². The fourth-order valence-electron chi connectivity index (χ4n) is 3.44. The van der Waals surface area contributed by atoms with Crippen molar-refractivity contribution in [3.8, 4) is 11.3 Å². The number of hydrogen-bond donors (Lipinski definition) is 1. The summed E-state index contributed by atoms with van der Waals surface area (Å²) in [5, 5.41) is 11.2. The minimum absolute atomic E-state index is 0.0540. The monoisotopic (exact) mass is 370 g/mol. The van der Waals surface area contributed by atoms with Gasteiger partial charge in [-0.1, -0.05) is 12.1 Å². The van der Waals surface area contributed by atoms with E-state index in [1.807, 2.05) is 18.2 Å². The average molecular weight is 370 g/mol. The van der Waals surface area contributed by atoms with Gasteiger partial charge in [-0.05, 0) is 49.2 Å². The number of rotatable bonds is 5. The summed E-state index contributed by atoms with van der Waals surface area (Å²) < 4.78 is 40.8. The zero-order valence-electron chi connectivity index (χ0n) is 14.4. The lowest BCUT2D eigenvalue weighted by molar-refractivity contribution is 0.0996. The number of anilines is 1. The molecule has 0 saturated heterocycles. The second-order valence-corrected chi connectivity index (χ2v) is 6.76. The Morgan fingerprint density at radius 1 is 1.00 bits per heavy atom. The Hall–Kier alpha value is -2.96. The third-order valence-electron chi connectivity index (χ3n) is 4.93. The van der Waals surface area contributed by atoms with E-state index in [1.54, 1.807) is 18.3 Å². The summed E-state index contributed by atoms with van der Waals surface area (Å²) in [7, 11) is 0. The van der Waals surface area contributed by atoms with Crippen LogP contribution in [0.1, 0.15) is 18.5 Å². The topological polar surface area (TPSA) is 50.7 Å². The quantitative estimate of drug-likeness (QED) is 0.728. The lowest BCUT2D eigenvalue weighted by Crippen LogP contribution is -2.48. The first-order valence-corrected chi connectivity index (χ1v) is 8.65. The molecule has 7 heteroatoms. The first-order valence-electron chi connectivity index (χ1n) is 8.65. The van der Waals surface area contributed by atoms with Crippen LogP contribution in [0.15, 0.2) is 54.7 Å². The molecule has 2 heterocycles. The standard InChI is InChI=1S/C20H17F3N4/c21-13-10-20(11-13,17-6-1-2-9-24-17)12-25-18-8-7-16(26-27-18)14-4-3-5-15(22)19(14)23/h1-9,13H,10-12H2,(H,25,27). The van der Waals surface area contributed by atoms with E-state index in [1.165, 1.54) is 12.1 Å². The van der Waals surface area contributed by atoms with E-state index in [0.717, 1.165) is 11.8 Å². The minimum atomic E-state index is -0.954. The molecule has 1 fully saturated rings. The number of benzene rings is 1. The van der Waals surface area contributed by atoms with Gasteiger partial charge >= 0.3 is 0 Å². The molecule has 4 nitrogen and oxygen atoms in total. The van der Waals surface area contributed by atoms with Crippen LogP contribution in [0.4, 0.5) is 19.0 Å². The van der Waals surface area contributed by atoms with E-state index in [4.69, 9.17) is 0 Å². The fourth-order valence-corrected chi connectivity index (χ4v) is 3.44. The van der Waals surface area contributed by atoms with Crippen LogP contribution in [0.2, 0.25) is 0 Å². The van der Waals surface area contributed by atoms with Gasteiger partial charge in [0.1, 0.15) is 12.0 Å². The maximum absolute atomic E-state index is 13.9. The molecule has 0 radical (unpaired) electrons. The van der Waals surface area contributed by atoms with Crippen LogP contribution in [-0.2, 0) is 5.41 Å². The Kier molecular flexibility index (Phi) is 4.51. The lowest BCUT2D eigenvalue weighted by atomic mass is 9.65. The van der Waals surface area contributed by atoms with E-state index < -0.39 is 17.8 Å². The van der Waals surface area contributed by atoms with Crippen LogP contribution in [0.5, 0.6) is 0 Å². The highest BCUT2D eigenvalue weighted by Crippen LogP contribution is 2.44. The number of hydrogen-bond acceptors (Lipinski definition) is 4. The first-order chi connectivity index (χ1) is 13.1. The third kappa shape index (κ3) is 3.37. The summed E-state index contributed by atoms with van der Waals surface area (Å²) in [5.74, 6) is -1.40. The summed E-state index contributed by atoms with van der Waals surface area (Å²) in [5.41, 5.74) is 0.760. The zero-order valence-corrected chi connectivity index (χ0v) is 14.4. The highest BCUT2D eigenvalue weighted by atomic mass is 19.2. The van der Waals surface area contributed by atoms with E-state index >= 15 is 0 Å². The Bertz CT molecular complexity index is 926. The van der Waals surface area contributed by atoms with Crippen LogP contribution in [0.25, 0.3) is 11.3 Å². The summed E-state index contributed by atoms with van der Waals surface area (Å²) in [4.78, 5) is 4.37. The fraction of sp³-hybridized carbons (Fsp3) is 0.250. The first kappa shape index (κ1) is 17.5. The van der Waals surface area contributed by atoms with Crippen LogP contribution >= 0.6 is 0 Å². The summed E-state index contributed by atoms with van der Waals surface area (Å²) in [6, 6.07) is 12.7. The second kappa shape index (κ2) is 6.98. The minimum Gasteiger partial charge on any atom is -0.368 e. The molecule has 0 amide bonds. The predicted octanol–water partition coefficient (Wildman–Crippen LogP) is 4.30. The van der Waals surface area contributed by atoms with E-state index in [2.05, 4.69) is 20.5 Å². The van der Waals surface area contributed by atoms with Gasteiger partial charge < -0.3 is 5.32 Å². The molecule has 1 N–H and O–H groups in total. The Morgan fingerprint density at radius 2 is 1.85 bits per heavy atom. The Morgan fingerprint density at radius 3 is 2.52 bits per heavy atom. The third-order valence-corrected chi connectivity index (χ3v) is 4.93. The Labute approximate surface area is 154 Å². The second-order valence-electron chi connectivity index (χ2n) is 6.76. The molecule has 4 rings (SSSR count). The zero-order chi connectivity index (χ0) is 18.9. The number of alkyl halides is 1. The van der Waals surface area contributed by atoms with Gasteiger partial charge in [-0.3, -0.25) is 4.98 Å². The molecule has 0 bridgehead atoms. The molecule has 27 heavy (non-hydrogen) atoms. The molecule has 0 aliphatic heterocycles. The number of halogens is 3. The molecule has 1 aliphatic carbocycles. The molecule has 3 aromatic rings. The average Bonchev–Trinajstić information content (AvgIpc) is 2.68. The van der Waals surface area contributed by atoms with Crippen molar-refractivity contribution in [3.63, 3.8) is 0 Å². The summed E-state index contributed by atoms with van der Waals surface area (Å²) in [6.45, 7) is 0.465. The van der Waals surface area contributed by atoms with Crippen molar-refractivity contribution in [1.29, 1.82) is 0 Å². The lowest BCUT2D eigenvalue weighted by Gasteiger charge is -2.43. The highest BCUT2D eigenvalue weighted by Gasteiger charge is 2.46. The molecule has 2 aromatic heterocycles. The number of aromatic nitrogens is 3. The van der Waals surface area contributed by atoms with E-state index in [-0.39, 0.29) is 16.7 Å². The molecule has 0 unspecified atom stereocenters. The van der Waals surface area contributed by atoms with Gasteiger partial charge in [0.05, 0.1) is 5.69 Å². The van der Waals surface area contributed by atoms with Crippen LogP contribution < -0.4 is 5.32 Å². The molecule has 0 atom stereocenters. The Balaban J connectivity index is 1.49. The van der Waals surface area contributed by atoms with Gasteiger partial charge in [0, 0.05) is 29.4 Å². The predicted molar refractivity (Wildman–Crippen MR) is 95.9 cm³/mol. The van der Waals surface area contributed by atoms with E-state index in [9.17, 15) is 13.2 Å². The van der Waals surface area contributed by atoms with Gasteiger partial charge in [0.25, 0.3) is 0 Å². The molecule has 138 valence electrons. The van der Waals surface area contributed by atoms with Crippen LogP contribution in [0.3, 0.4) is 0 Å². The van der Waals surface area contributed by atoms with Gasteiger partial charge in [-0.2, -0.15) is 0 Å². The molecular formula is C20H17F3N4. The van der Waals surface area contributed by atoms with Gasteiger partial charge in [-0.25, -0.2) is 13.2 Å². The van der Waals surface area contributed by atoms with Crippen molar-refractivity contribution in [3.05, 3.63) is 72.1 Å². The van der Waals surface area contributed by atoms with Crippen molar-refractivity contribution in [2.75, 3.05) is 11.9 Å². The largest absolute Gasteiger partial charge is 0.368 e. The molecule has 1 aliphatic rings. The molecule has 1 aromatic carbocycles. The van der Waals surface area contributed by atoms with Gasteiger partial charge in [-0.15, -0.1) is 10.2 Å². The maximum Gasteiger partial charge on any atom is 0.168 e. The van der Waals surface area contributed by atoms with Crippen molar-refractivity contribution < 1.29 is 13.2 Å². The van der Waals surface area contributed by atoms with Crippen LogP contribution in [0, 0.1) is 11.6 Å². The molecule has 0 spiro atoms. The smallest absolute Gasteiger partial charge is 0.168 e. The SMILES string of the molecule is Fc1cccc(-c2ccc(NCC3(c4ccccn4)CC(F)C3)nn2)c1F. The molecule has 1 saturated carbocycles. The van der Waals surface area contributed by atoms with Crippen molar-refractivity contribution in [2.45, 2.75) is 24.4 Å². The maximum atomic E-state index is 13.9. The van der Waals surface area contributed by atoms with E-state index in [0.29, 0.717) is 25.2 Å². The highest BCUT2D eigenvalue weighted by molar-refractivity contribution is 5.60. The van der Waals surface area contributed by atoms with Gasteiger partial charge in [0.15, 0.2) is 11.6 Å².